The van der Waals surface area contributed by atoms with Gasteiger partial charge in [0.05, 0.1) is 9.79 Å². The third kappa shape index (κ3) is 6.20. The minimum Gasteiger partial charge on any atom is -0.457 e. The van der Waals surface area contributed by atoms with Crippen LogP contribution < -0.4 is 21.3 Å². The molecular weight excluding hydrogens is 1050 g/mol. The molecule has 5 nitrogen and oxygen atoms in total. The van der Waals surface area contributed by atoms with Crippen LogP contribution in [-0.2, 0) is 0 Å². The fraction of sp³-hybridized carbons (Fsp3) is 0. The molecule has 0 N–H and O–H groups in total. The Balaban J connectivity index is 0.939. The molecule has 17 aromatic rings. The molecular formula is C72H38BNO4S3. The van der Waals surface area contributed by atoms with Gasteiger partial charge in [0.2, 0.25) is 0 Å². The predicted molar refractivity (Wildman–Crippen MR) is 340 cm³/mol. The van der Waals surface area contributed by atoms with Crippen molar-refractivity contribution >= 4 is 183 Å². The summed E-state index contributed by atoms with van der Waals surface area (Å²) in [5.74, 6) is 0. The van der Waals surface area contributed by atoms with Crippen LogP contribution in [-0.4, -0.2) is 6.71 Å². The van der Waals surface area contributed by atoms with Gasteiger partial charge in [-0.3, -0.25) is 0 Å². The standard InChI is InChI=1S/C72H38BNO4S3/c1-3-17-39(18-4-1)44-21-7-8-22-45(44)40-31-33-49-56(35-40)78-69-62(49)63-50-26-12-16-30-57(50)79-70(63)66-72(69)81-59-38-43(74(41-19-5-2-6-20-41)42-32-34-55-51(36-42)46-23-9-13-27-52(46)75-55)37-58-64(59)73(66)65-67-60(47-24-10-14-28-53(47)76-67)61-48-25-11-15-29-54(48)77-68(61)71(65)80-58/h1-38H. The molecule has 0 spiro atoms. The van der Waals surface area contributed by atoms with Crippen LogP contribution in [0.3, 0.4) is 0 Å². The van der Waals surface area contributed by atoms with Crippen LogP contribution in [0.5, 0.6) is 0 Å². The van der Waals surface area contributed by atoms with Crippen molar-refractivity contribution in [2.24, 2.45) is 0 Å². The number of benzene rings is 12. The topological polar surface area (TPSA) is 55.8 Å². The first-order valence-corrected chi connectivity index (χ1v) is 29.7. The van der Waals surface area contributed by atoms with Crippen molar-refractivity contribution in [1.29, 1.82) is 0 Å². The van der Waals surface area contributed by atoms with Crippen LogP contribution in [0.2, 0.25) is 0 Å². The van der Waals surface area contributed by atoms with Crippen LogP contribution in [0.15, 0.2) is 268 Å². The van der Waals surface area contributed by atoms with Crippen molar-refractivity contribution in [1.82, 2.24) is 0 Å². The van der Waals surface area contributed by atoms with Gasteiger partial charge < -0.3 is 22.6 Å². The monoisotopic (exact) mass is 1090 g/mol. The Morgan fingerprint density at radius 3 is 1.60 bits per heavy atom. The van der Waals surface area contributed by atoms with E-state index in [9.17, 15) is 0 Å². The summed E-state index contributed by atoms with van der Waals surface area (Å²) in [6.07, 6.45) is 0. The minimum absolute atomic E-state index is 0.266. The molecule has 9 heteroatoms. The lowest BCUT2D eigenvalue weighted by Crippen LogP contribution is -2.58. The second-order valence-corrected chi connectivity index (χ2v) is 24.4. The summed E-state index contributed by atoms with van der Waals surface area (Å²) < 4.78 is 31.1. The predicted octanol–water partition coefficient (Wildman–Crippen LogP) is 19.9. The van der Waals surface area contributed by atoms with Crippen LogP contribution in [0, 0.1) is 0 Å². The van der Waals surface area contributed by atoms with Gasteiger partial charge >= 0.3 is 0 Å². The maximum Gasteiger partial charge on any atom is 0.254 e. The number of fused-ring (bicyclic) bond motifs is 25. The highest BCUT2D eigenvalue weighted by atomic mass is 32.2. The SMILES string of the molecule is c1ccc(-c2ccccc2-c2ccc3c(c2)oc2c4c(c5sc6ccccc6c5c23)B2c3c(cc(N(c5ccccc5)c5ccc6oc7ccccc7c6c5)cc3S4)Sc3c2c2oc4ccccc4c2c2c3oc3ccccc32)cc1. The molecule has 0 radical (unpaired) electrons. The van der Waals surface area contributed by atoms with E-state index in [0.717, 1.165) is 131 Å². The molecule has 19 rings (SSSR count). The van der Waals surface area contributed by atoms with Gasteiger partial charge in [0.15, 0.2) is 0 Å². The molecule has 12 aromatic carbocycles. The molecule has 0 amide bonds. The molecule has 0 atom stereocenters. The fourth-order valence-corrected chi connectivity index (χ4v) is 17.6. The molecule has 7 heterocycles. The zero-order valence-corrected chi connectivity index (χ0v) is 45.3. The summed E-state index contributed by atoms with van der Waals surface area (Å²) in [6.45, 7) is -0.266. The van der Waals surface area contributed by atoms with E-state index < -0.39 is 0 Å². The number of hydrogen-bond acceptors (Lipinski definition) is 8. The van der Waals surface area contributed by atoms with Crippen molar-refractivity contribution in [3.05, 3.63) is 231 Å². The molecule has 0 aliphatic carbocycles. The Labute approximate surface area is 474 Å². The second kappa shape index (κ2) is 16.6. The molecule has 0 bridgehead atoms. The Morgan fingerprint density at radius 2 is 0.864 bits per heavy atom. The largest absolute Gasteiger partial charge is 0.457 e. The molecule has 2 aliphatic rings. The Hall–Kier alpha value is -9.38. The van der Waals surface area contributed by atoms with E-state index in [0.29, 0.717) is 0 Å². The summed E-state index contributed by atoms with van der Waals surface area (Å²) in [7, 11) is 0. The first-order chi connectivity index (χ1) is 40.2. The molecule has 376 valence electrons. The lowest BCUT2D eigenvalue weighted by atomic mass is 9.36. The van der Waals surface area contributed by atoms with Gasteiger partial charge in [-0.05, 0) is 118 Å². The zero-order chi connectivity index (χ0) is 52.6. The summed E-state index contributed by atoms with van der Waals surface area (Å²) in [5, 5.41) is 11.2. The van der Waals surface area contributed by atoms with Gasteiger partial charge in [-0.1, -0.05) is 175 Å². The Kier molecular flexibility index (Phi) is 9.11. The molecule has 5 aromatic heterocycles. The van der Waals surface area contributed by atoms with Gasteiger partial charge in [0.1, 0.15) is 44.7 Å². The van der Waals surface area contributed by atoms with Crippen LogP contribution in [0.1, 0.15) is 0 Å². The van der Waals surface area contributed by atoms with Crippen molar-refractivity contribution in [2.75, 3.05) is 4.90 Å². The van der Waals surface area contributed by atoms with Gasteiger partial charge in [0, 0.05) is 90.1 Å². The third-order valence-corrected chi connectivity index (χ3v) is 20.5. The van der Waals surface area contributed by atoms with E-state index in [4.69, 9.17) is 17.7 Å². The van der Waals surface area contributed by atoms with Gasteiger partial charge in [0.25, 0.3) is 6.71 Å². The van der Waals surface area contributed by atoms with E-state index in [1.807, 2.05) is 47.0 Å². The lowest BCUT2D eigenvalue weighted by molar-refractivity contribution is 0.657. The lowest BCUT2D eigenvalue weighted by Gasteiger charge is -2.35. The molecule has 81 heavy (non-hydrogen) atoms. The smallest absolute Gasteiger partial charge is 0.254 e. The molecule has 2 aliphatic heterocycles. The number of rotatable bonds is 5. The minimum atomic E-state index is -0.266. The van der Waals surface area contributed by atoms with Crippen molar-refractivity contribution < 1.29 is 17.7 Å². The fourth-order valence-electron chi connectivity index (χ4n) is 13.6. The van der Waals surface area contributed by atoms with E-state index in [-0.39, 0.29) is 6.71 Å². The second-order valence-electron chi connectivity index (χ2n) is 21.3. The normalized spacial score (nSPS) is 13.1. The number of anilines is 3. The Morgan fingerprint density at radius 1 is 0.321 bits per heavy atom. The molecule has 0 saturated carbocycles. The maximum absolute atomic E-state index is 7.58. The summed E-state index contributed by atoms with van der Waals surface area (Å²) in [6, 6.07) is 82.6. The summed E-state index contributed by atoms with van der Waals surface area (Å²) >= 11 is 5.55. The maximum atomic E-state index is 7.58. The molecule has 0 fully saturated rings. The van der Waals surface area contributed by atoms with Crippen molar-refractivity contribution in [3.8, 4) is 22.3 Å². The van der Waals surface area contributed by atoms with E-state index in [1.165, 1.54) is 52.0 Å². The highest BCUT2D eigenvalue weighted by Gasteiger charge is 2.46. The first kappa shape index (κ1) is 44.5. The quantitative estimate of drug-likeness (QED) is 0.159. The number of thiophene rings is 1. The third-order valence-electron chi connectivity index (χ3n) is 17.0. The Bertz CT molecular complexity index is 5580. The summed E-state index contributed by atoms with van der Waals surface area (Å²) in [4.78, 5) is 6.94. The van der Waals surface area contributed by atoms with Crippen LogP contribution in [0.4, 0.5) is 17.1 Å². The van der Waals surface area contributed by atoms with Crippen molar-refractivity contribution in [2.45, 2.75) is 19.6 Å². The highest BCUT2D eigenvalue weighted by molar-refractivity contribution is 8.01. The van der Waals surface area contributed by atoms with E-state index in [2.05, 4.69) is 223 Å². The van der Waals surface area contributed by atoms with Crippen LogP contribution >= 0.6 is 34.9 Å². The number of nitrogens with zero attached hydrogens (tertiary/aromatic N) is 1. The highest BCUT2D eigenvalue weighted by Crippen LogP contribution is 2.54. The number of hydrogen-bond donors (Lipinski definition) is 0. The average molecular weight is 1090 g/mol. The van der Waals surface area contributed by atoms with Crippen LogP contribution in [0.25, 0.3) is 130 Å². The van der Waals surface area contributed by atoms with Gasteiger partial charge in [-0.2, -0.15) is 0 Å². The first-order valence-electron chi connectivity index (χ1n) is 27.2. The number of furan rings is 4. The summed E-state index contributed by atoms with van der Waals surface area (Å²) in [5.41, 5.74) is 18.4. The van der Waals surface area contributed by atoms with E-state index in [1.54, 1.807) is 0 Å². The zero-order valence-electron chi connectivity index (χ0n) is 42.8. The average Bonchev–Trinajstić information content (AvgIpc) is 3.21. The van der Waals surface area contributed by atoms with E-state index >= 15 is 0 Å². The van der Waals surface area contributed by atoms with Gasteiger partial charge in [-0.25, -0.2) is 0 Å². The number of para-hydroxylation sites is 4. The molecule has 0 unspecified atom stereocenters. The van der Waals surface area contributed by atoms with Crippen molar-refractivity contribution in [3.63, 3.8) is 0 Å². The molecule has 0 saturated heterocycles. The van der Waals surface area contributed by atoms with Gasteiger partial charge in [-0.15, -0.1) is 11.3 Å².